The molecule has 2 heterocycles. The Hall–Kier alpha value is -2.41. The number of carbonyl (C=O) groups is 2. The molecule has 1 atom stereocenters. The Morgan fingerprint density at radius 3 is 2.96 bits per heavy atom. The molecule has 1 unspecified atom stereocenters. The standard InChI is InChI=1S/C17H19N3O3S/c1-11-18-13(10-24-11)7-16(21)19-12-8-17(22)20(9-12)14-5-3-4-6-15(14)23-2/h3-6,10,12H,7-9H2,1-2H3,(H,19,21). The minimum absolute atomic E-state index is 0.0192. The number of amides is 2. The molecule has 1 aliphatic rings. The number of anilines is 1. The maximum atomic E-state index is 12.3. The highest BCUT2D eigenvalue weighted by atomic mass is 32.1. The first-order valence-electron chi connectivity index (χ1n) is 7.70. The normalized spacial score (nSPS) is 17.2. The first-order valence-corrected chi connectivity index (χ1v) is 8.58. The third-order valence-electron chi connectivity index (χ3n) is 3.87. The third kappa shape index (κ3) is 3.56. The number of aryl methyl sites for hydroxylation is 1. The van der Waals surface area contributed by atoms with Crippen LogP contribution in [0.3, 0.4) is 0 Å². The number of benzene rings is 1. The van der Waals surface area contributed by atoms with E-state index in [1.807, 2.05) is 36.6 Å². The molecule has 3 rings (SSSR count). The van der Waals surface area contributed by atoms with Crippen LogP contribution in [0.5, 0.6) is 5.75 Å². The molecule has 0 aliphatic carbocycles. The minimum Gasteiger partial charge on any atom is -0.495 e. The van der Waals surface area contributed by atoms with Gasteiger partial charge in [-0.15, -0.1) is 11.3 Å². The first kappa shape index (κ1) is 16.4. The number of carbonyl (C=O) groups excluding carboxylic acids is 2. The number of nitrogens with one attached hydrogen (secondary N) is 1. The zero-order chi connectivity index (χ0) is 17.1. The molecule has 0 bridgehead atoms. The minimum atomic E-state index is -0.199. The molecule has 6 nitrogen and oxygen atoms in total. The number of hydrogen-bond donors (Lipinski definition) is 1. The molecular formula is C17H19N3O3S. The maximum absolute atomic E-state index is 12.3. The van der Waals surface area contributed by atoms with Crippen LogP contribution in [0.25, 0.3) is 0 Å². The number of methoxy groups -OCH3 is 1. The molecule has 1 aromatic carbocycles. The Bertz CT molecular complexity index is 759. The Kier molecular flexibility index (Phi) is 4.80. The van der Waals surface area contributed by atoms with Crippen molar-refractivity contribution >= 4 is 28.8 Å². The van der Waals surface area contributed by atoms with E-state index in [0.717, 1.165) is 16.4 Å². The number of hydrogen-bond acceptors (Lipinski definition) is 5. The van der Waals surface area contributed by atoms with Gasteiger partial charge in [0.05, 0.1) is 36.0 Å². The highest BCUT2D eigenvalue weighted by molar-refractivity contribution is 7.09. The van der Waals surface area contributed by atoms with Gasteiger partial charge >= 0.3 is 0 Å². The van der Waals surface area contributed by atoms with Gasteiger partial charge in [-0.1, -0.05) is 12.1 Å². The largest absolute Gasteiger partial charge is 0.495 e. The van der Waals surface area contributed by atoms with Crippen molar-refractivity contribution < 1.29 is 14.3 Å². The van der Waals surface area contributed by atoms with Gasteiger partial charge in [0.1, 0.15) is 5.75 Å². The van der Waals surface area contributed by atoms with E-state index < -0.39 is 0 Å². The quantitative estimate of drug-likeness (QED) is 0.899. The van der Waals surface area contributed by atoms with E-state index in [1.165, 1.54) is 11.3 Å². The van der Waals surface area contributed by atoms with E-state index in [0.29, 0.717) is 18.7 Å². The Morgan fingerprint density at radius 2 is 2.25 bits per heavy atom. The number of ether oxygens (including phenoxy) is 1. The van der Waals surface area contributed by atoms with Crippen LogP contribution in [0.15, 0.2) is 29.6 Å². The fourth-order valence-corrected chi connectivity index (χ4v) is 3.44. The predicted molar refractivity (Wildman–Crippen MR) is 92.4 cm³/mol. The van der Waals surface area contributed by atoms with E-state index in [4.69, 9.17) is 4.74 Å². The average Bonchev–Trinajstić information content (AvgIpc) is 3.12. The molecule has 7 heteroatoms. The summed E-state index contributed by atoms with van der Waals surface area (Å²) in [6.07, 6.45) is 0.531. The topological polar surface area (TPSA) is 71.5 Å². The summed E-state index contributed by atoms with van der Waals surface area (Å²) in [6, 6.07) is 7.19. The second kappa shape index (κ2) is 7.00. The summed E-state index contributed by atoms with van der Waals surface area (Å²) >= 11 is 1.52. The van der Waals surface area contributed by atoms with Gasteiger partial charge in [0.25, 0.3) is 0 Å². The molecule has 2 aromatic rings. The van der Waals surface area contributed by atoms with Crippen LogP contribution >= 0.6 is 11.3 Å². The van der Waals surface area contributed by atoms with E-state index in [1.54, 1.807) is 12.0 Å². The lowest BCUT2D eigenvalue weighted by atomic mass is 10.2. The van der Waals surface area contributed by atoms with Gasteiger partial charge in [-0.2, -0.15) is 0 Å². The monoisotopic (exact) mass is 345 g/mol. The Balaban J connectivity index is 1.63. The molecule has 0 radical (unpaired) electrons. The van der Waals surface area contributed by atoms with Gasteiger partial charge in [-0.3, -0.25) is 9.59 Å². The van der Waals surface area contributed by atoms with Crippen molar-refractivity contribution in [2.75, 3.05) is 18.6 Å². The molecule has 2 amide bonds. The van der Waals surface area contributed by atoms with Crippen molar-refractivity contribution in [3.8, 4) is 5.75 Å². The third-order valence-corrected chi connectivity index (χ3v) is 4.70. The van der Waals surface area contributed by atoms with Gasteiger partial charge in [0, 0.05) is 18.3 Å². The molecule has 1 aromatic heterocycles. The molecule has 0 spiro atoms. The number of para-hydroxylation sites is 2. The van der Waals surface area contributed by atoms with Crippen LogP contribution in [0, 0.1) is 6.92 Å². The van der Waals surface area contributed by atoms with Crippen molar-refractivity contribution in [2.24, 2.45) is 0 Å². The van der Waals surface area contributed by atoms with Crippen molar-refractivity contribution in [2.45, 2.75) is 25.8 Å². The zero-order valence-corrected chi connectivity index (χ0v) is 14.4. The SMILES string of the molecule is COc1ccccc1N1CC(NC(=O)Cc2csc(C)n2)CC1=O. The van der Waals surface area contributed by atoms with E-state index in [9.17, 15) is 9.59 Å². The molecule has 0 saturated carbocycles. The molecule has 24 heavy (non-hydrogen) atoms. The lowest BCUT2D eigenvalue weighted by Gasteiger charge is -2.19. The van der Waals surface area contributed by atoms with Crippen LogP contribution < -0.4 is 15.0 Å². The molecular weight excluding hydrogens is 326 g/mol. The molecule has 1 aliphatic heterocycles. The average molecular weight is 345 g/mol. The lowest BCUT2D eigenvalue weighted by molar-refractivity contribution is -0.121. The van der Waals surface area contributed by atoms with Crippen LogP contribution in [0.2, 0.25) is 0 Å². The lowest BCUT2D eigenvalue weighted by Crippen LogP contribution is -2.38. The van der Waals surface area contributed by atoms with Crippen LogP contribution in [-0.4, -0.2) is 36.5 Å². The molecule has 1 fully saturated rings. The summed E-state index contributed by atoms with van der Waals surface area (Å²) in [5, 5.41) is 5.75. The summed E-state index contributed by atoms with van der Waals surface area (Å²) in [5.41, 5.74) is 1.50. The van der Waals surface area contributed by atoms with Crippen molar-refractivity contribution in [3.63, 3.8) is 0 Å². The first-order chi connectivity index (χ1) is 11.6. The van der Waals surface area contributed by atoms with Gasteiger partial charge in [-0.25, -0.2) is 4.98 Å². The summed E-state index contributed by atoms with van der Waals surface area (Å²) in [4.78, 5) is 30.4. The fourth-order valence-electron chi connectivity index (χ4n) is 2.82. The molecule has 1 saturated heterocycles. The van der Waals surface area contributed by atoms with Gasteiger partial charge in [0.15, 0.2) is 0 Å². The molecule has 126 valence electrons. The van der Waals surface area contributed by atoms with E-state index in [2.05, 4.69) is 10.3 Å². The smallest absolute Gasteiger partial charge is 0.229 e. The second-order valence-electron chi connectivity index (χ2n) is 5.68. The number of nitrogens with zero attached hydrogens (tertiary/aromatic N) is 2. The van der Waals surface area contributed by atoms with Crippen LogP contribution in [-0.2, 0) is 16.0 Å². The van der Waals surface area contributed by atoms with E-state index >= 15 is 0 Å². The Labute approximate surface area is 144 Å². The highest BCUT2D eigenvalue weighted by Gasteiger charge is 2.32. The van der Waals surface area contributed by atoms with Gasteiger partial charge in [-0.05, 0) is 19.1 Å². The van der Waals surface area contributed by atoms with Crippen molar-refractivity contribution in [3.05, 3.63) is 40.3 Å². The highest BCUT2D eigenvalue weighted by Crippen LogP contribution is 2.30. The van der Waals surface area contributed by atoms with Crippen LogP contribution in [0.4, 0.5) is 5.69 Å². The number of aromatic nitrogens is 1. The van der Waals surface area contributed by atoms with Crippen molar-refractivity contribution in [1.29, 1.82) is 0 Å². The van der Waals surface area contributed by atoms with Crippen molar-refractivity contribution in [1.82, 2.24) is 10.3 Å². The molecule has 1 N–H and O–H groups in total. The summed E-state index contributed by atoms with van der Waals surface area (Å²) in [7, 11) is 1.58. The maximum Gasteiger partial charge on any atom is 0.229 e. The summed E-state index contributed by atoms with van der Waals surface area (Å²) in [5.74, 6) is 0.519. The Morgan fingerprint density at radius 1 is 1.46 bits per heavy atom. The predicted octanol–water partition coefficient (Wildman–Crippen LogP) is 1.92. The van der Waals surface area contributed by atoms with Gasteiger partial charge < -0.3 is 15.0 Å². The summed E-state index contributed by atoms with van der Waals surface area (Å²) < 4.78 is 5.32. The number of thiazole rings is 1. The zero-order valence-electron chi connectivity index (χ0n) is 13.6. The fraction of sp³-hybridized carbons (Fsp3) is 0.353. The number of rotatable bonds is 5. The van der Waals surface area contributed by atoms with Gasteiger partial charge in [0.2, 0.25) is 11.8 Å². The summed E-state index contributed by atoms with van der Waals surface area (Å²) in [6.45, 7) is 2.36. The second-order valence-corrected chi connectivity index (χ2v) is 6.74. The van der Waals surface area contributed by atoms with Crippen LogP contribution in [0.1, 0.15) is 17.1 Å². The van der Waals surface area contributed by atoms with E-state index in [-0.39, 0.29) is 24.3 Å².